The molecule has 0 unspecified atom stereocenters. The fourth-order valence-corrected chi connectivity index (χ4v) is 3.95. The first kappa shape index (κ1) is 14.2. The summed E-state index contributed by atoms with van der Waals surface area (Å²) in [6.07, 6.45) is 1.32. The quantitative estimate of drug-likeness (QED) is 0.808. The minimum absolute atomic E-state index is 0.0413. The van der Waals surface area contributed by atoms with Crippen molar-refractivity contribution in [1.82, 2.24) is 4.31 Å². The van der Waals surface area contributed by atoms with E-state index in [1.807, 2.05) is 6.92 Å². The molecule has 0 aromatic heterocycles. The SMILES string of the molecule is CCCC1(O)CN(S(=O)(=O)c2cc(N)cc(F)c2)C1. The molecule has 1 aromatic carbocycles. The van der Waals surface area contributed by atoms with E-state index in [4.69, 9.17) is 5.73 Å². The summed E-state index contributed by atoms with van der Waals surface area (Å²) in [6.45, 7) is 2.00. The predicted octanol–water partition coefficient (Wildman–Crippen LogP) is 0.943. The van der Waals surface area contributed by atoms with E-state index >= 15 is 0 Å². The van der Waals surface area contributed by atoms with Gasteiger partial charge in [-0.25, -0.2) is 12.8 Å². The Bertz CT molecular complexity index is 562. The molecule has 1 aliphatic rings. The predicted molar refractivity (Wildman–Crippen MR) is 69.4 cm³/mol. The number of anilines is 1. The van der Waals surface area contributed by atoms with Crippen molar-refractivity contribution in [1.29, 1.82) is 0 Å². The Morgan fingerprint density at radius 3 is 2.58 bits per heavy atom. The van der Waals surface area contributed by atoms with Gasteiger partial charge in [-0.3, -0.25) is 0 Å². The Labute approximate surface area is 111 Å². The van der Waals surface area contributed by atoms with Gasteiger partial charge in [0, 0.05) is 18.8 Å². The maximum Gasteiger partial charge on any atom is 0.243 e. The van der Waals surface area contributed by atoms with Gasteiger partial charge < -0.3 is 10.8 Å². The summed E-state index contributed by atoms with van der Waals surface area (Å²) < 4.78 is 38.7. The smallest absolute Gasteiger partial charge is 0.243 e. The minimum atomic E-state index is -3.78. The highest BCUT2D eigenvalue weighted by atomic mass is 32.2. The maximum atomic E-state index is 13.2. The molecule has 19 heavy (non-hydrogen) atoms. The topological polar surface area (TPSA) is 83.6 Å². The summed E-state index contributed by atoms with van der Waals surface area (Å²) in [6, 6.07) is 3.21. The van der Waals surface area contributed by atoms with Crippen LogP contribution in [0.4, 0.5) is 10.1 Å². The number of aliphatic hydroxyl groups is 1. The molecule has 0 bridgehead atoms. The molecule has 0 saturated carbocycles. The first-order valence-electron chi connectivity index (χ1n) is 6.05. The van der Waals surface area contributed by atoms with Gasteiger partial charge in [-0.15, -0.1) is 0 Å². The molecule has 106 valence electrons. The van der Waals surface area contributed by atoms with Crippen molar-refractivity contribution in [2.45, 2.75) is 30.3 Å². The van der Waals surface area contributed by atoms with Gasteiger partial charge >= 0.3 is 0 Å². The lowest BCUT2D eigenvalue weighted by molar-refractivity contribution is -0.0653. The second-order valence-corrected chi connectivity index (χ2v) is 6.91. The summed E-state index contributed by atoms with van der Waals surface area (Å²) in [4.78, 5) is -0.177. The summed E-state index contributed by atoms with van der Waals surface area (Å²) in [7, 11) is -3.78. The first-order valence-corrected chi connectivity index (χ1v) is 7.49. The van der Waals surface area contributed by atoms with Crippen LogP contribution in [0.2, 0.25) is 0 Å². The van der Waals surface area contributed by atoms with Crippen LogP contribution in [0.3, 0.4) is 0 Å². The number of benzene rings is 1. The van der Waals surface area contributed by atoms with E-state index in [0.717, 1.165) is 22.9 Å². The van der Waals surface area contributed by atoms with Gasteiger partial charge in [0.1, 0.15) is 5.82 Å². The van der Waals surface area contributed by atoms with Gasteiger partial charge in [0.2, 0.25) is 10.0 Å². The van der Waals surface area contributed by atoms with Gasteiger partial charge in [0.05, 0.1) is 10.5 Å². The minimum Gasteiger partial charge on any atom is -0.399 e. The molecule has 2 rings (SSSR count). The maximum absolute atomic E-state index is 13.2. The number of hydrogen-bond donors (Lipinski definition) is 2. The lowest BCUT2D eigenvalue weighted by Gasteiger charge is -2.45. The Morgan fingerprint density at radius 1 is 1.42 bits per heavy atom. The zero-order chi connectivity index (χ0) is 14.3. The van der Waals surface area contributed by atoms with E-state index in [1.54, 1.807) is 0 Å². The molecule has 0 spiro atoms. The Morgan fingerprint density at radius 2 is 2.05 bits per heavy atom. The van der Waals surface area contributed by atoms with E-state index in [9.17, 15) is 17.9 Å². The van der Waals surface area contributed by atoms with Crippen molar-refractivity contribution >= 4 is 15.7 Å². The molecule has 1 aliphatic heterocycles. The summed E-state index contributed by atoms with van der Waals surface area (Å²) in [5.41, 5.74) is 4.54. The van der Waals surface area contributed by atoms with Crippen molar-refractivity contribution in [3.05, 3.63) is 24.0 Å². The van der Waals surface area contributed by atoms with E-state index in [2.05, 4.69) is 0 Å². The van der Waals surface area contributed by atoms with Crippen molar-refractivity contribution in [2.75, 3.05) is 18.8 Å². The standard InChI is InChI=1S/C12H17FN2O3S/c1-2-3-12(16)7-15(8-12)19(17,18)11-5-9(13)4-10(14)6-11/h4-6,16H,2-3,7-8,14H2,1H3. The molecule has 0 radical (unpaired) electrons. The van der Waals surface area contributed by atoms with Gasteiger partial charge in [0.25, 0.3) is 0 Å². The van der Waals surface area contributed by atoms with E-state index in [1.165, 1.54) is 6.07 Å². The van der Waals surface area contributed by atoms with E-state index in [0.29, 0.717) is 6.42 Å². The van der Waals surface area contributed by atoms with Gasteiger partial charge in [-0.05, 0) is 24.6 Å². The molecule has 0 aliphatic carbocycles. The number of nitrogens with zero attached hydrogens (tertiary/aromatic N) is 1. The molecular weight excluding hydrogens is 271 g/mol. The number of rotatable bonds is 4. The third-order valence-electron chi connectivity index (χ3n) is 3.19. The monoisotopic (exact) mass is 288 g/mol. The summed E-state index contributed by atoms with van der Waals surface area (Å²) >= 11 is 0. The van der Waals surface area contributed by atoms with Crippen LogP contribution in [0.5, 0.6) is 0 Å². The van der Waals surface area contributed by atoms with Crippen molar-refractivity contribution in [3.8, 4) is 0 Å². The number of sulfonamides is 1. The van der Waals surface area contributed by atoms with Gasteiger partial charge in [0.15, 0.2) is 0 Å². The number of nitrogens with two attached hydrogens (primary N) is 1. The number of hydrogen-bond acceptors (Lipinski definition) is 4. The third-order valence-corrected chi connectivity index (χ3v) is 4.96. The largest absolute Gasteiger partial charge is 0.399 e. The van der Waals surface area contributed by atoms with Crippen LogP contribution in [0.1, 0.15) is 19.8 Å². The van der Waals surface area contributed by atoms with E-state index < -0.39 is 21.4 Å². The average Bonchev–Trinajstić information content (AvgIpc) is 2.24. The Kier molecular flexibility index (Phi) is 3.55. The third kappa shape index (κ3) is 2.72. The highest BCUT2D eigenvalue weighted by Crippen LogP contribution is 2.31. The average molecular weight is 288 g/mol. The fraction of sp³-hybridized carbons (Fsp3) is 0.500. The Hall–Kier alpha value is -1.18. The summed E-state index contributed by atoms with van der Waals surface area (Å²) in [5.74, 6) is -0.692. The van der Waals surface area contributed by atoms with Crippen LogP contribution in [-0.4, -0.2) is 36.5 Å². The Balaban J connectivity index is 2.21. The number of nitrogen functional groups attached to an aromatic ring is 1. The first-order chi connectivity index (χ1) is 8.77. The molecular formula is C12H17FN2O3S. The zero-order valence-corrected chi connectivity index (χ0v) is 11.5. The number of β-amino-alcohol motifs (C(OH)–C–C–N with tert-alkyl or cyclic N) is 1. The van der Waals surface area contributed by atoms with Crippen LogP contribution in [0.25, 0.3) is 0 Å². The molecule has 1 saturated heterocycles. The van der Waals surface area contributed by atoms with Crippen LogP contribution in [-0.2, 0) is 10.0 Å². The zero-order valence-electron chi connectivity index (χ0n) is 10.6. The number of halogens is 1. The molecule has 7 heteroatoms. The molecule has 1 fully saturated rings. The van der Waals surface area contributed by atoms with Crippen LogP contribution >= 0.6 is 0 Å². The van der Waals surface area contributed by atoms with Crippen molar-refractivity contribution in [3.63, 3.8) is 0 Å². The van der Waals surface area contributed by atoms with Crippen LogP contribution < -0.4 is 5.73 Å². The second-order valence-electron chi connectivity index (χ2n) is 4.97. The van der Waals surface area contributed by atoms with Crippen molar-refractivity contribution < 1.29 is 17.9 Å². The van der Waals surface area contributed by atoms with Gasteiger partial charge in [-0.1, -0.05) is 13.3 Å². The molecule has 0 amide bonds. The van der Waals surface area contributed by atoms with E-state index in [-0.39, 0.29) is 23.7 Å². The normalized spacial score (nSPS) is 19.1. The highest BCUT2D eigenvalue weighted by molar-refractivity contribution is 7.89. The second kappa shape index (κ2) is 4.73. The molecule has 1 aromatic rings. The van der Waals surface area contributed by atoms with Crippen LogP contribution in [0.15, 0.2) is 23.1 Å². The van der Waals surface area contributed by atoms with Crippen molar-refractivity contribution in [2.24, 2.45) is 0 Å². The molecule has 5 nitrogen and oxygen atoms in total. The molecule has 3 N–H and O–H groups in total. The fourth-order valence-electron chi connectivity index (χ4n) is 2.29. The lowest BCUT2D eigenvalue weighted by atomic mass is 9.92. The molecule has 1 heterocycles. The van der Waals surface area contributed by atoms with Crippen LogP contribution in [0, 0.1) is 5.82 Å². The lowest BCUT2D eigenvalue weighted by Crippen LogP contribution is -2.63. The van der Waals surface area contributed by atoms with Gasteiger partial charge in [-0.2, -0.15) is 4.31 Å². The highest BCUT2D eigenvalue weighted by Gasteiger charge is 2.46. The molecule has 0 atom stereocenters. The summed E-state index contributed by atoms with van der Waals surface area (Å²) in [5, 5.41) is 9.99.